The first-order chi connectivity index (χ1) is 32.0. The van der Waals surface area contributed by atoms with Gasteiger partial charge in [0.15, 0.2) is 6.10 Å². The Morgan fingerprint density at radius 2 is 0.692 bits per heavy atom. The normalized spacial score (nSPS) is 13.2. The number of carbonyl (C=O) groups excluding carboxylic acids is 3. The summed E-state index contributed by atoms with van der Waals surface area (Å²) >= 11 is 0. The van der Waals surface area contributed by atoms with Crippen LogP contribution in [0.25, 0.3) is 0 Å². The van der Waals surface area contributed by atoms with E-state index in [9.17, 15) is 14.4 Å². The van der Waals surface area contributed by atoms with Gasteiger partial charge in [-0.15, -0.1) is 0 Å². The first-order valence-electron chi connectivity index (χ1n) is 25.8. The quantitative estimate of drug-likeness (QED) is 0.0199. The molecule has 6 nitrogen and oxygen atoms in total. The van der Waals surface area contributed by atoms with Crippen molar-refractivity contribution in [2.24, 2.45) is 0 Å². The van der Waals surface area contributed by atoms with Crippen molar-refractivity contribution in [2.45, 2.75) is 207 Å². The van der Waals surface area contributed by atoms with E-state index < -0.39 is 6.10 Å². The Hall–Kier alpha value is -4.45. The van der Waals surface area contributed by atoms with Gasteiger partial charge < -0.3 is 14.2 Å². The Morgan fingerprint density at radius 3 is 1.17 bits per heavy atom. The maximum Gasteiger partial charge on any atom is 0.306 e. The molecule has 1 unspecified atom stereocenters. The minimum Gasteiger partial charge on any atom is -0.462 e. The Balaban J connectivity index is 4.51. The molecule has 0 N–H and O–H groups in total. The van der Waals surface area contributed by atoms with Gasteiger partial charge in [-0.1, -0.05) is 212 Å². The van der Waals surface area contributed by atoms with Gasteiger partial charge in [0, 0.05) is 19.3 Å². The van der Waals surface area contributed by atoms with E-state index in [0.717, 1.165) is 141 Å². The minimum atomic E-state index is -0.814. The summed E-state index contributed by atoms with van der Waals surface area (Å²) in [5.41, 5.74) is 0. The van der Waals surface area contributed by atoms with E-state index in [1.54, 1.807) is 0 Å². The van der Waals surface area contributed by atoms with Crippen molar-refractivity contribution in [2.75, 3.05) is 13.2 Å². The van der Waals surface area contributed by atoms with Gasteiger partial charge in [-0.3, -0.25) is 14.4 Å². The Kier molecular flexibility index (Phi) is 48.6. The molecule has 0 heterocycles. The van der Waals surface area contributed by atoms with Crippen LogP contribution >= 0.6 is 0 Å². The highest BCUT2D eigenvalue weighted by atomic mass is 16.6. The average Bonchev–Trinajstić information content (AvgIpc) is 3.30. The number of rotatable bonds is 44. The summed E-state index contributed by atoms with van der Waals surface area (Å²) in [6, 6.07) is 0. The zero-order valence-electron chi connectivity index (χ0n) is 41.4. The molecule has 0 amide bonds. The molecule has 0 fully saturated rings. The summed E-state index contributed by atoms with van der Waals surface area (Å²) in [5.74, 6) is -0.993. The van der Waals surface area contributed by atoms with Gasteiger partial charge in [0.05, 0.1) is 0 Å². The minimum absolute atomic E-state index is 0.111. The smallest absolute Gasteiger partial charge is 0.306 e. The lowest BCUT2D eigenvalue weighted by molar-refractivity contribution is -0.167. The maximum atomic E-state index is 12.8. The molecule has 0 aliphatic carbocycles. The van der Waals surface area contributed by atoms with Crippen LogP contribution in [0.3, 0.4) is 0 Å². The number of allylic oxidation sites excluding steroid dienone is 22. The van der Waals surface area contributed by atoms with E-state index >= 15 is 0 Å². The van der Waals surface area contributed by atoms with Crippen LogP contribution in [0.15, 0.2) is 134 Å². The van der Waals surface area contributed by atoms with Crippen molar-refractivity contribution in [3.05, 3.63) is 134 Å². The third-order valence-corrected chi connectivity index (χ3v) is 10.2. The average molecular weight is 897 g/mol. The van der Waals surface area contributed by atoms with Gasteiger partial charge >= 0.3 is 17.9 Å². The fourth-order valence-electron chi connectivity index (χ4n) is 6.36. The van der Waals surface area contributed by atoms with Crippen LogP contribution in [0.1, 0.15) is 201 Å². The monoisotopic (exact) mass is 897 g/mol. The molecule has 0 radical (unpaired) electrons. The van der Waals surface area contributed by atoms with Gasteiger partial charge in [0.25, 0.3) is 0 Å². The SMILES string of the molecule is CC/C=C\C/C=C\C/C=C\C/C=C\C/C=C\CCCCCC(=O)OCC(COC(=O)CCCCCC/C=C\CCCC)OC(=O)CCCCCCC\C=C/C=C\C=C/C=C\C=C/CCC. The van der Waals surface area contributed by atoms with Crippen LogP contribution in [0.2, 0.25) is 0 Å². The van der Waals surface area contributed by atoms with E-state index in [1.807, 2.05) is 36.5 Å². The maximum absolute atomic E-state index is 12.8. The molecule has 0 saturated heterocycles. The highest BCUT2D eigenvalue weighted by molar-refractivity contribution is 5.71. The molecule has 1 atom stereocenters. The molecule has 65 heavy (non-hydrogen) atoms. The van der Waals surface area contributed by atoms with Gasteiger partial charge in [0.1, 0.15) is 13.2 Å². The topological polar surface area (TPSA) is 78.9 Å². The van der Waals surface area contributed by atoms with Crippen molar-refractivity contribution < 1.29 is 28.6 Å². The molecule has 0 spiro atoms. The fourth-order valence-corrected chi connectivity index (χ4v) is 6.36. The molecule has 0 aromatic carbocycles. The summed E-state index contributed by atoms with van der Waals surface area (Å²) in [4.78, 5) is 37.9. The zero-order valence-corrected chi connectivity index (χ0v) is 41.4. The molecule has 6 heteroatoms. The standard InChI is InChI=1S/C59H92O6/c1-4-7-10-13-16-19-22-24-26-28-30-32-33-35-37-40-43-46-49-52-58(61)64-55-56(54-63-57(60)51-48-45-42-39-21-18-15-12-9-6-3)65-59(62)53-50-47-44-41-38-36-34-31-29-27-25-23-20-17-14-11-8-5-2/h7,10-11,14-20,23-27,29-32,34-35,37,56H,4-6,8-9,12-13,21-22,28,33,36,38-55H2,1-3H3/b10-7-,14-11-,18-15-,19-16-,20-17-,25-23-,26-24-,29-27-,32-30-,34-31-,37-35-. The summed E-state index contributed by atoms with van der Waals surface area (Å²) in [6.07, 6.45) is 72.9. The van der Waals surface area contributed by atoms with Crippen molar-refractivity contribution in [3.63, 3.8) is 0 Å². The van der Waals surface area contributed by atoms with Crippen LogP contribution < -0.4 is 0 Å². The zero-order chi connectivity index (χ0) is 47.2. The molecule has 0 aromatic rings. The Labute approximate surface area is 398 Å². The Bertz CT molecular complexity index is 1450. The largest absolute Gasteiger partial charge is 0.462 e. The number of unbranched alkanes of at least 4 members (excludes halogenated alkanes) is 15. The molecule has 0 aliphatic heterocycles. The second-order valence-electron chi connectivity index (χ2n) is 16.5. The number of ether oxygens (including phenoxy) is 3. The molecular weight excluding hydrogens is 805 g/mol. The lowest BCUT2D eigenvalue weighted by Crippen LogP contribution is -2.30. The van der Waals surface area contributed by atoms with Gasteiger partial charge in [-0.25, -0.2) is 0 Å². The molecule has 0 bridgehead atoms. The third-order valence-electron chi connectivity index (χ3n) is 10.2. The van der Waals surface area contributed by atoms with Crippen molar-refractivity contribution in [1.29, 1.82) is 0 Å². The number of hydrogen-bond acceptors (Lipinski definition) is 6. The lowest BCUT2D eigenvalue weighted by atomic mass is 10.1. The first-order valence-corrected chi connectivity index (χ1v) is 25.8. The van der Waals surface area contributed by atoms with Crippen molar-refractivity contribution >= 4 is 17.9 Å². The highest BCUT2D eigenvalue weighted by Crippen LogP contribution is 2.12. The summed E-state index contributed by atoms with van der Waals surface area (Å²) in [6.45, 7) is 6.31. The van der Waals surface area contributed by atoms with E-state index in [1.165, 1.54) is 19.3 Å². The number of carbonyl (C=O) groups is 3. The molecule has 0 aliphatic rings. The summed E-state index contributed by atoms with van der Waals surface area (Å²) in [5, 5.41) is 0. The highest BCUT2D eigenvalue weighted by Gasteiger charge is 2.19. The van der Waals surface area contributed by atoms with Crippen LogP contribution in [0.5, 0.6) is 0 Å². The van der Waals surface area contributed by atoms with Gasteiger partial charge in [0.2, 0.25) is 0 Å². The van der Waals surface area contributed by atoms with Crippen molar-refractivity contribution in [3.8, 4) is 0 Å². The second-order valence-corrected chi connectivity index (χ2v) is 16.5. The predicted molar refractivity (Wildman–Crippen MR) is 279 cm³/mol. The summed E-state index contributed by atoms with van der Waals surface area (Å²) < 4.78 is 16.7. The number of hydrogen-bond donors (Lipinski definition) is 0. The predicted octanol–water partition coefficient (Wildman–Crippen LogP) is 17.1. The van der Waals surface area contributed by atoms with Gasteiger partial charge in [-0.2, -0.15) is 0 Å². The molecule has 0 rings (SSSR count). The van der Waals surface area contributed by atoms with E-state index in [-0.39, 0.29) is 37.5 Å². The molecular formula is C59H92O6. The molecule has 0 saturated carbocycles. The number of esters is 3. The van der Waals surface area contributed by atoms with Crippen LogP contribution in [0, 0.1) is 0 Å². The molecule has 0 aromatic heterocycles. The fraction of sp³-hybridized carbons (Fsp3) is 0.576. The summed E-state index contributed by atoms with van der Waals surface area (Å²) in [7, 11) is 0. The molecule has 364 valence electrons. The first kappa shape index (κ1) is 60.5. The van der Waals surface area contributed by atoms with E-state index in [2.05, 4.69) is 118 Å². The Morgan fingerprint density at radius 1 is 0.338 bits per heavy atom. The van der Waals surface area contributed by atoms with E-state index in [4.69, 9.17) is 14.2 Å². The van der Waals surface area contributed by atoms with Crippen LogP contribution in [0.4, 0.5) is 0 Å². The lowest BCUT2D eigenvalue weighted by Gasteiger charge is -2.18. The van der Waals surface area contributed by atoms with Gasteiger partial charge in [-0.05, 0) is 103 Å². The van der Waals surface area contributed by atoms with Crippen molar-refractivity contribution in [1.82, 2.24) is 0 Å². The van der Waals surface area contributed by atoms with E-state index in [0.29, 0.717) is 12.8 Å². The van der Waals surface area contributed by atoms with Crippen LogP contribution in [-0.2, 0) is 28.6 Å². The van der Waals surface area contributed by atoms with Crippen LogP contribution in [-0.4, -0.2) is 37.2 Å². The third kappa shape index (κ3) is 50.4. The second kappa shape index (κ2) is 52.2.